The van der Waals surface area contributed by atoms with Gasteiger partial charge >= 0.3 is 0 Å². The smallest absolute Gasteiger partial charge is 0.0994 e. The maximum absolute atomic E-state index is 5.50. The van der Waals surface area contributed by atoms with Gasteiger partial charge < -0.3 is 4.90 Å². The summed E-state index contributed by atoms with van der Waals surface area (Å²) in [6.07, 6.45) is 0. The summed E-state index contributed by atoms with van der Waals surface area (Å²) in [4.78, 5) is 13.4. The summed E-state index contributed by atoms with van der Waals surface area (Å²) >= 11 is 0. The van der Waals surface area contributed by atoms with Gasteiger partial charge in [0.15, 0.2) is 0 Å². The maximum atomic E-state index is 5.50. The highest BCUT2D eigenvalue weighted by Gasteiger charge is 2.30. The average Bonchev–Trinajstić information content (AvgIpc) is 3.20. The molecule has 1 aliphatic heterocycles. The molecule has 0 saturated heterocycles. The Balaban J connectivity index is 1.30. The van der Waals surface area contributed by atoms with Gasteiger partial charge in [-0.3, -0.25) is 0 Å². The molecule has 236 valence electrons. The molecule has 0 amide bonds. The number of rotatable bonds is 3. The molecule has 0 atom stereocenters. The van der Waals surface area contributed by atoms with E-state index in [0.717, 1.165) is 61.4 Å². The van der Waals surface area contributed by atoms with Crippen LogP contribution in [0.25, 0.3) is 87.8 Å². The van der Waals surface area contributed by atoms with Crippen molar-refractivity contribution in [1.82, 2.24) is 9.97 Å². The number of aromatic nitrogens is 2. The Bertz CT molecular complexity index is 3040. The first kappa shape index (κ1) is 28.0. The Labute approximate surface area is 294 Å². The van der Waals surface area contributed by atoms with E-state index in [-0.39, 0.29) is 0 Å². The molecule has 0 N–H and O–H groups in total. The number of para-hydroxylation sites is 2. The van der Waals surface area contributed by atoms with Crippen LogP contribution in [0.4, 0.5) is 17.1 Å². The molecular weight excluding hydrogens is 619 g/mol. The lowest BCUT2D eigenvalue weighted by Crippen LogP contribution is -2.16. The highest BCUT2D eigenvalue weighted by molar-refractivity contribution is 6.20. The molecule has 9 aromatic carbocycles. The van der Waals surface area contributed by atoms with Crippen molar-refractivity contribution < 1.29 is 0 Å². The van der Waals surface area contributed by atoms with Crippen LogP contribution in [0, 0.1) is 0 Å². The van der Waals surface area contributed by atoms with E-state index >= 15 is 0 Å². The largest absolute Gasteiger partial charge is 0.308 e. The van der Waals surface area contributed by atoms with Crippen molar-refractivity contribution in [3.05, 3.63) is 176 Å². The fraction of sp³-hybridized carbons (Fsp3) is 0. The molecule has 0 spiro atoms. The minimum absolute atomic E-state index is 0.860. The lowest BCUT2D eigenvalue weighted by Gasteiger charge is -2.35. The molecule has 10 aromatic rings. The van der Waals surface area contributed by atoms with Crippen molar-refractivity contribution >= 4 is 71.2 Å². The summed E-state index contributed by atoms with van der Waals surface area (Å²) in [7, 11) is 0. The zero-order chi connectivity index (χ0) is 33.5. The number of anilines is 3. The van der Waals surface area contributed by atoms with E-state index in [1.165, 1.54) is 43.4 Å². The van der Waals surface area contributed by atoms with Crippen LogP contribution < -0.4 is 4.90 Å². The van der Waals surface area contributed by atoms with Gasteiger partial charge in [-0.25, -0.2) is 9.97 Å². The first-order valence-electron chi connectivity index (χ1n) is 17.4. The number of fused-ring (bicyclic) bond motifs is 7. The van der Waals surface area contributed by atoms with E-state index in [1.807, 2.05) is 12.1 Å². The van der Waals surface area contributed by atoms with Gasteiger partial charge in [0.2, 0.25) is 0 Å². The van der Waals surface area contributed by atoms with E-state index in [2.05, 4.69) is 169 Å². The summed E-state index contributed by atoms with van der Waals surface area (Å²) in [5.74, 6) is 0. The van der Waals surface area contributed by atoms with E-state index in [0.29, 0.717) is 0 Å². The molecular formula is C48H29N3. The van der Waals surface area contributed by atoms with Gasteiger partial charge in [-0.2, -0.15) is 0 Å². The van der Waals surface area contributed by atoms with Crippen LogP contribution in [0.3, 0.4) is 0 Å². The maximum Gasteiger partial charge on any atom is 0.0994 e. The Morgan fingerprint density at radius 2 is 0.882 bits per heavy atom. The SMILES string of the molecule is c1ccc2cc(N3c4ccc5ccccc5c4-c4cccc5cccc3c45)c(-c3nc4ccccc4nc3-c3cccc4ccccc34)cc2c1. The Hall–Kier alpha value is -6.84. The van der Waals surface area contributed by atoms with E-state index in [9.17, 15) is 0 Å². The van der Waals surface area contributed by atoms with Gasteiger partial charge in [-0.05, 0) is 79.7 Å². The molecule has 1 aliphatic rings. The van der Waals surface area contributed by atoms with Crippen LogP contribution in [0.15, 0.2) is 176 Å². The fourth-order valence-corrected chi connectivity index (χ4v) is 8.25. The molecule has 0 fully saturated rings. The van der Waals surface area contributed by atoms with Crippen LogP contribution >= 0.6 is 0 Å². The van der Waals surface area contributed by atoms with Crippen molar-refractivity contribution in [1.29, 1.82) is 0 Å². The Morgan fingerprint density at radius 1 is 0.333 bits per heavy atom. The summed E-state index contributed by atoms with van der Waals surface area (Å²) in [5.41, 5.74) is 11.5. The number of hydrogen-bond donors (Lipinski definition) is 0. The summed E-state index contributed by atoms with van der Waals surface area (Å²) < 4.78 is 0. The minimum atomic E-state index is 0.860. The lowest BCUT2D eigenvalue weighted by atomic mass is 9.87. The van der Waals surface area contributed by atoms with Crippen molar-refractivity contribution in [2.24, 2.45) is 0 Å². The highest BCUT2D eigenvalue weighted by atomic mass is 15.2. The predicted molar refractivity (Wildman–Crippen MR) is 214 cm³/mol. The third-order valence-corrected chi connectivity index (χ3v) is 10.5. The number of hydrogen-bond acceptors (Lipinski definition) is 3. The van der Waals surface area contributed by atoms with Gasteiger partial charge in [0.1, 0.15) is 0 Å². The topological polar surface area (TPSA) is 29.0 Å². The molecule has 0 saturated carbocycles. The molecule has 0 radical (unpaired) electrons. The van der Waals surface area contributed by atoms with Crippen LogP contribution in [0.2, 0.25) is 0 Å². The van der Waals surface area contributed by atoms with E-state index in [4.69, 9.17) is 9.97 Å². The van der Waals surface area contributed by atoms with Crippen molar-refractivity contribution in [2.45, 2.75) is 0 Å². The molecule has 2 heterocycles. The zero-order valence-corrected chi connectivity index (χ0v) is 27.6. The average molecular weight is 648 g/mol. The summed E-state index contributed by atoms with van der Waals surface area (Å²) in [6, 6.07) is 63.2. The third-order valence-electron chi connectivity index (χ3n) is 10.5. The van der Waals surface area contributed by atoms with Gasteiger partial charge in [0.05, 0.1) is 39.5 Å². The lowest BCUT2D eigenvalue weighted by molar-refractivity contribution is 1.26. The predicted octanol–water partition coefficient (Wildman–Crippen LogP) is 13.0. The normalized spacial score (nSPS) is 12.3. The number of benzene rings is 9. The van der Waals surface area contributed by atoms with E-state index in [1.54, 1.807) is 0 Å². The Kier molecular flexibility index (Phi) is 5.96. The first-order valence-corrected chi connectivity index (χ1v) is 17.4. The van der Waals surface area contributed by atoms with Gasteiger partial charge in [0.25, 0.3) is 0 Å². The molecule has 1 aromatic heterocycles. The van der Waals surface area contributed by atoms with Crippen molar-refractivity contribution in [3.8, 4) is 33.6 Å². The van der Waals surface area contributed by atoms with Crippen LogP contribution in [-0.4, -0.2) is 9.97 Å². The third kappa shape index (κ3) is 4.19. The monoisotopic (exact) mass is 647 g/mol. The van der Waals surface area contributed by atoms with Crippen LogP contribution in [0.1, 0.15) is 0 Å². The quantitative estimate of drug-likeness (QED) is 0.191. The Morgan fingerprint density at radius 3 is 1.65 bits per heavy atom. The van der Waals surface area contributed by atoms with Gasteiger partial charge in [-0.1, -0.05) is 140 Å². The van der Waals surface area contributed by atoms with Gasteiger partial charge in [0, 0.05) is 22.1 Å². The second kappa shape index (κ2) is 10.8. The zero-order valence-electron chi connectivity index (χ0n) is 27.6. The second-order valence-corrected chi connectivity index (χ2v) is 13.3. The van der Waals surface area contributed by atoms with Gasteiger partial charge in [-0.15, -0.1) is 0 Å². The molecule has 0 aliphatic carbocycles. The molecule has 0 bridgehead atoms. The highest BCUT2D eigenvalue weighted by Crippen LogP contribution is 2.55. The fourth-order valence-electron chi connectivity index (χ4n) is 8.25. The van der Waals surface area contributed by atoms with E-state index < -0.39 is 0 Å². The number of nitrogens with zero attached hydrogens (tertiary/aromatic N) is 3. The molecule has 51 heavy (non-hydrogen) atoms. The van der Waals surface area contributed by atoms with Crippen molar-refractivity contribution in [2.75, 3.05) is 4.90 Å². The minimum Gasteiger partial charge on any atom is -0.308 e. The molecule has 11 rings (SSSR count). The summed E-state index contributed by atoms with van der Waals surface area (Å²) in [6.45, 7) is 0. The molecule has 3 heteroatoms. The molecule has 3 nitrogen and oxygen atoms in total. The second-order valence-electron chi connectivity index (χ2n) is 13.3. The van der Waals surface area contributed by atoms with Crippen molar-refractivity contribution in [3.63, 3.8) is 0 Å². The van der Waals surface area contributed by atoms with Crippen LogP contribution in [0.5, 0.6) is 0 Å². The van der Waals surface area contributed by atoms with Crippen LogP contribution in [-0.2, 0) is 0 Å². The molecule has 0 unspecified atom stereocenters. The summed E-state index contributed by atoms with van der Waals surface area (Å²) in [5, 5.41) is 9.60. The first-order chi connectivity index (χ1) is 25.3. The standard InChI is InChI=1S/C48H29N3/c1-2-15-34-29-44(51-42-25-11-18-32-17-10-22-38(45(32)42)46-36-20-6-4-13-31(36)26-27-43(46)51)39(28-33(34)14-1)48-47(49-40-23-7-8-24-41(40)50-48)37-21-9-16-30-12-3-5-19-35(30)37/h1-29H.